The van der Waals surface area contributed by atoms with E-state index < -0.39 is 0 Å². The number of piperidine rings is 1. The Morgan fingerprint density at radius 1 is 1.14 bits per heavy atom. The predicted molar refractivity (Wildman–Crippen MR) is 81.1 cm³/mol. The third-order valence-corrected chi connectivity index (χ3v) is 3.55. The molecule has 0 spiro atoms. The number of carbonyl (C=O) groups excluding carboxylic acids is 1. The van der Waals surface area contributed by atoms with E-state index in [1.54, 1.807) is 17.2 Å². The molecule has 0 unspecified atom stereocenters. The molecule has 1 aliphatic heterocycles. The van der Waals surface area contributed by atoms with Gasteiger partial charge in [-0.3, -0.25) is 10.5 Å². The molecule has 1 aliphatic rings. The minimum atomic E-state index is -0.174. The molecule has 1 saturated heterocycles. The summed E-state index contributed by atoms with van der Waals surface area (Å²) in [6, 6.07) is 11.2. The lowest BCUT2D eigenvalue weighted by molar-refractivity contribution is 0.159. The van der Waals surface area contributed by atoms with Gasteiger partial charge in [-0.25, -0.2) is 14.7 Å². The molecule has 6 nitrogen and oxygen atoms in total. The fraction of sp³-hybridized carbons (Fsp3) is 0.333. The molecule has 0 saturated carbocycles. The van der Waals surface area contributed by atoms with Crippen molar-refractivity contribution in [3.63, 3.8) is 0 Å². The molecule has 2 aromatic rings. The van der Waals surface area contributed by atoms with E-state index in [-0.39, 0.29) is 6.03 Å². The van der Waals surface area contributed by atoms with Crippen LogP contribution in [0.4, 0.5) is 16.3 Å². The van der Waals surface area contributed by atoms with Gasteiger partial charge >= 0.3 is 6.03 Å². The topological polar surface area (TPSA) is 64.3 Å². The average molecular weight is 285 g/mol. The van der Waals surface area contributed by atoms with Crippen molar-refractivity contribution in [3.05, 3.63) is 42.6 Å². The number of para-hydroxylation sites is 1. The number of H-pyrrole nitrogens is 1. The number of hydrogen-bond acceptors (Lipinski definition) is 3. The van der Waals surface area contributed by atoms with Gasteiger partial charge < -0.3 is 0 Å². The van der Waals surface area contributed by atoms with Gasteiger partial charge in [0.2, 0.25) is 0 Å². The van der Waals surface area contributed by atoms with Crippen LogP contribution in [0.1, 0.15) is 19.3 Å². The number of nitrogens with zero attached hydrogens (tertiary/aromatic N) is 3. The number of amides is 2. The summed E-state index contributed by atoms with van der Waals surface area (Å²) in [4.78, 5) is 14.2. The molecule has 3 rings (SSSR count). The summed E-state index contributed by atoms with van der Waals surface area (Å²) in [5.74, 6) is 0.649. The van der Waals surface area contributed by atoms with Crippen molar-refractivity contribution in [2.75, 3.05) is 18.0 Å². The van der Waals surface area contributed by atoms with Crippen molar-refractivity contribution in [1.82, 2.24) is 20.6 Å². The molecule has 2 heterocycles. The Bertz CT molecular complexity index is 563. The second-order valence-corrected chi connectivity index (χ2v) is 5.08. The fourth-order valence-corrected chi connectivity index (χ4v) is 2.51. The van der Waals surface area contributed by atoms with Gasteiger partial charge in [-0.1, -0.05) is 24.6 Å². The van der Waals surface area contributed by atoms with E-state index in [9.17, 15) is 4.79 Å². The molecule has 0 radical (unpaired) electrons. The van der Waals surface area contributed by atoms with Crippen LogP contribution in [0, 0.1) is 0 Å². The first kappa shape index (κ1) is 13.6. The zero-order valence-electron chi connectivity index (χ0n) is 11.8. The van der Waals surface area contributed by atoms with Gasteiger partial charge in [0.25, 0.3) is 0 Å². The highest BCUT2D eigenvalue weighted by atomic mass is 16.2. The minimum Gasteiger partial charge on any atom is -0.270 e. The van der Waals surface area contributed by atoms with Crippen LogP contribution in [0.3, 0.4) is 0 Å². The maximum atomic E-state index is 12.6. The number of urea groups is 1. The molecule has 1 fully saturated rings. The van der Waals surface area contributed by atoms with E-state index >= 15 is 0 Å². The molecule has 1 aromatic heterocycles. The van der Waals surface area contributed by atoms with Gasteiger partial charge in [-0.2, -0.15) is 5.10 Å². The van der Waals surface area contributed by atoms with Crippen molar-refractivity contribution in [1.29, 1.82) is 0 Å². The van der Waals surface area contributed by atoms with Crippen LogP contribution < -0.4 is 10.3 Å². The van der Waals surface area contributed by atoms with Crippen molar-refractivity contribution >= 4 is 17.5 Å². The van der Waals surface area contributed by atoms with Gasteiger partial charge in [0, 0.05) is 19.2 Å². The number of benzene rings is 1. The number of hydrazine groups is 1. The molecule has 21 heavy (non-hydrogen) atoms. The van der Waals surface area contributed by atoms with Crippen LogP contribution in [0.2, 0.25) is 0 Å². The zero-order chi connectivity index (χ0) is 14.5. The third-order valence-electron chi connectivity index (χ3n) is 3.55. The highest BCUT2D eigenvalue weighted by molar-refractivity contribution is 5.98. The molecule has 2 N–H and O–H groups in total. The number of aromatic amines is 1. The first-order valence-corrected chi connectivity index (χ1v) is 7.25. The first-order chi connectivity index (χ1) is 10.3. The zero-order valence-corrected chi connectivity index (χ0v) is 11.8. The van der Waals surface area contributed by atoms with Crippen molar-refractivity contribution in [2.45, 2.75) is 19.3 Å². The fourth-order valence-electron chi connectivity index (χ4n) is 2.51. The van der Waals surface area contributed by atoms with Gasteiger partial charge in [0.1, 0.15) is 5.82 Å². The summed E-state index contributed by atoms with van der Waals surface area (Å²) in [6.07, 6.45) is 5.11. The third kappa shape index (κ3) is 3.22. The molecule has 2 amide bonds. The molecule has 0 bridgehead atoms. The van der Waals surface area contributed by atoms with Crippen molar-refractivity contribution in [3.8, 4) is 0 Å². The molecular weight excluding hydrogens is 266 g/mol. The van der Waals surface area contributed by atoms with Crippen LogP contribution in [0.15, 0.2) is 42.6 Å². The number of rotatable bonds is 3. The maximum Gasteiger partial charge on any atom is 0.342 e. The lowest BCUT2D eigenvalue weighted by atomic mass is 10.2. The van der Waals surface area contributed by atoms with Gasteiger partial charge in [0.15, 0.2) is 0 Å². The van der Waals surface area contributed by atoms with Crippen molar-refractivity contribution < 1.29 is 4.79 Å². The van der Waals surface area contributed by atoms with Crippen LogP contribution in [0.25, 0.3) is 0 Å². The lowest BCUT2D eigenvalue weighted by Crippen LogP contribution is -2.49. The van der Waals surface area contributed by atoms with E-state index in [2.05, 4.69) is 15.6 Å². The molecule has 0 atom stereocenters. The predicted octanol–water partition coefficient (Wildman–Crippen LogP) is 2.66. The second-order valence-electron chi connectivity index (χ2n) is 5.08. The number of aromatic nitrogens is 2. The Morgan fingerprint density at radius 2 is 1.90 bits per heavy atom. The molecule has 110 valence electrons. The number of nitrogens with one attached hydrogen (secondary N) is 2. The monoisotopic (exact) mass is 285 g/mol. The summed E-state index contributed by atoms with van der Waals surface area (Å²) in [5.41, 5.74) is 3.78. The highest BCUT2D eigenvalue weighted by Gasteiger charge is 2.21. The van der Waals surface area contributed by atoms with Crippen molar-refractivity contribution in [2.24, 2.45) is 0 Å². The highest BCUT2D eigenvalue weighted by Crippen LogP contribution is 2.23. The number of carbonyl (C=O) groups is 1. The van der Waals surface area contributed by atoms with Crippen LogP contribution in [-0.2, 0) is 0 Å². The van der Waals surface area contributed by atoms with Gasteiger partial charge in [-0.15, -0.1) is 0 Å². The summed E-state index contributed by atoms with van der Waals surface area (Å²) in [6.45, 7) is 1.80. The molecular formula is C15H19N5O. The van der Waals surface area contributed by atoms with Gasteiger partial charge in [-0.05, 0) is 25.0 Å². The normalized spacial score (nSPS) is 15.6. The Balaban J connectivity index is 1.80. The summed E-state index contributed by atoms with van der Waals surface area (Å²) < 4.78 is 0. The smallest absolute Gasteiger partial charge is 0.270 e. The molecule has 1 aromatic carbocycles. The second kappa shape index (κ2) is 6.41. The van der Waals surface area contributed by atoms with E-state index in [0.717, 1.165) is 31.6 Å². The quantitative estimate of drug-likeness (QED) is 0.911. The van der Waals surface area contributed by atoms with E-state index in [4.69, 9.17) is 0 Å². The largest absolute Gasteiger partial charge is 0.342 e. The SMILES string of the molecule is O=C(NN1CCCCC1)N(c1ccccc1)c1ccn[nH]1. The minimum absolute atomic E-state index is 0.174. The molecule has 0 aliphatic carbocycles. The van der Waals surface area contributed by atoms with Crippen LogP contribution >= 0.6 is 0 Å². The Kier molecular flexibility index (Phi) is 4.16. The van der Waals surface area contributed by atoms with Gasteiger partial charge in [0.05, 0.1) is 11.9 Å². The van der Waals surface area contributed by atoms with E-state index in [0.29, 0.717) is 5.82 Å². The maximum absolute atomic E-state index is 12.6. The number of hydrogen-bond donors (Lipinski definition) is 2. The van der Waals surface area contributed by atoms with E-state index in [1.807, 2.05) is 35.3 Å². The molecule has 6 heteroatoms. The Hall–Kier alpha value is -2.34. The summed E-state index contributed by atoms with van der Waals surface area (Å²) in [5, 5.41) is 8.77. The standard InChI is InChI=1S/C15H19N5O/c21-15(18-19-11-5-2-6-12-19)20(14-9-10-16-17-14)13-7-3-1-4-8-13/h1,3-4,7-10H,2,5-6,11-12H2,(H,16,17)(H,18,21). The number of anilines is 2. The Labute approximate surface area is 123 Å². The lowest BCUT2D eigenvalue weighted by Gasteiger charge is -2.30. The average Bonchev–Trinajstić information content (AvgIpc) is 3.03. The van der Waals surface area contributed by atoms with E-state index in [1.165, 1.54) is 6.42 Å². The summed E-state index contributed by atoms with van der Waals surface area (Å²) in [7, 11) is 0. The summed E-state index contributed by atoms with van der Waals surface area (Å²) >= 11 is 0. The van der Waals surface area contributed by atoms with Crippen LogP contribution in [-0.4, -0.2) is 34.3 Å². The first-order valence-electron chi connectivity index (χ1n) is 7.25. The van der Waals surface area contributed by atoms with Crippen LogP contribution in [0.5, 0.6) is 0 Å². The Morgan fingerprint density at radius 3 is 2.57 bits per heavy atom.